The number of halogens is 3. The highest BCUT2D eigenvalue weighted by Crippen LogP contribution is 2.42. The summed E-state index contributed by atoms with van der Waals surface area (Å²) in [6.45, 7) is 0. The number of rotatable bonds is 2. The lowest BCUT2D eigenvalue weighted by Gasteiger charge is -2.39. The Morgan fingerprint density at radius 2 is 1.78 bits per heavy atom. The third kappa shape index (κ3) is 2.43. The molecule has 23 heavy (non-hydrogen) atoms. The van der Waals surface area contributed by atoms with Crippen molar-refractivity contribution in [3.05, 3.63) is 65.5 Å². The summed E-state index contributed by atoms with van der Waals surface area (Å²) in [7, 11) is 0. The molecule has 0 bridgehead atoms. The first-order valence-electron chi connectivity index (χ1n) is 6.62. The van der Waals surface area contributed by atoms with E-state index >= 15 is 0 Å². The van der Waals surface area contributed by atoms with Crippen LogP contribution in [0.3, 0.4) is 0 Å². The van der Waals surface area contributed by atoms with Crippen molar-refractivity contribution in [3.63, 3.8) is 0 Å². The number of alkyl halides is 2. The second kappa shape index (κ2) is 5.81. The number of amides is 2. The number of carbonyl (C=O) groups is 2. The average Bonchev–Trinajstić information content (AvgIpc) is 2.53. The Kier molecular flexibility index (Phi) is 4.12. The molecule has 1 aliphatic heterocycles. The number of carbonyl (C=O) groups excluding carboxylic acids is 2. The van der Waals surface area contributed by atoms with E-state index in [1.807, 2.05) is 0 Å². The summed E-state index contributed by atoms with van der Waals surface area (Å²) in [6, 6.07) is 11.4. The highest BCUT2D eigenvalue weighted by atomic mass is 79.9. The molecule has 2 aromatic carbocycles. The van der Waals surface area contributed by atoms with E-state index in [-0.39, 0.29) is 16.8 Å². The van der Waals surface area contributed by atoms with Crippen LogP contribution in [0.25, 0.3) is 0 Å². The fourth-order valence-electron chi connectivity index (χ4n) is 2.56. The summed E-state index contributed by atoms with van der Waals surface area (Å²) in [5.74, 6) is -2.05. The van der Waals surface area contributed by atoms with Gasteiger partial charge in [-0.1, -0.05) is 56.1 Å². The zero-order valence-corrected chi connectivity index (χ0v) is 14.7. The van der Waals surface area contributed by atoms with Crippen LogP contribution in [-0.2, 0) is 10.4 Å². The van der Waals surface area contributed by atoms with Gasteiger partial charge in [0.25, 0.3) is 11.8 Å². The molecule has 7 heteroatoms. The number of nitrogens with zero attached hydrogens (tertiary/aromatic N) is 1. The summed E-state index contributed by atoms with van der Waals surface area (Å²) in [5, 5.41) is 11.0. The van der Waals surface area contributed by atoms with Crippen LogP contribution in [0.1, 0.15) is 15.9 Å². The Bertz CT molecular complexity index is 811. The zero-order chi connectivity index (χ0) is 16.8. The summed E-state index contributed by atoms with van der Waals surface area (Å²) >= 11 is 6.34. The molecule has 0 aromatic heterocycles. The number of fused-ring (bicyclic) bond motifs is 1. The molecule has 1 heterocycles. The fraction of sp³-hybridized carbons (Fsp3) is 0.125. The van der Waals surface area contributed by atoms with Crippen molar-refractivity contribution < 1.29 is 19.1 Å². The van der Waals surface area contributed by atoms with Gasteiger partial charge in [-0.05, 0) is 24.3 Å². The third-order valence-electron chi connectivity index (χ3n) is 3.68. The number of anilines is 1. The van der Waals surface area contributed by atoms with Gasteiger partial charge in [0.05, 0.1) is 5.69 Å². The van der Waals surface area contributed by atoms with Crippen LogP contribution in [0.2, 0.25) is 0 Å². The minimum Gasteiger partial charge on any atom is -0.374 e. The molecular weight excluding hydrogens is 433 g/mol. The predicted molar refractivity (Wildman–Crippen MR) is 90.2 cm³/mol. The van der Waals surface area contributed by atoms with Gasteiger partial charge in [-0.3, -0.25) is 9.59 Å². The van der Waals surface area contributed by atoms with Gasteiger partial charge in [-0.15, -0.1) is 0 Å². The van der Waals surface area contributed by atoms with Crippen molar-refractivity contribution in [1.82, 2.24) is 0 Å². The van der Waals surface area contributed by atoms with Gasteiger partial charge in [-0.25, -0.2) is 9.29 Å². The molecule has 118 valence electrons. The van der Waals surface area contributed by atoms with Crippen LogP contribution >= 0.6 is 31.9 Å². The summed E-state index contributed by atoms with van der Waals surface area (Å²) in [6.07, 6.45) is 0. The van der Waals surface area contributed by atoms with Crippen molar-refractivity contribution in [1.29, 1.82) is 0 Å². The molecule has 3 rings (SSSR count). The van der Waals surface area contributed by atoms with Crippen LogP contribution in [0.5, 0.6) is 0 Å². The molecule has 0 aliphatic carbocycles. The first-order chi connectivity index (χ1) is 10.9. The van der Waals surface area contributed by atoms with Crippen molar-refractivity contribution >= 4 is 49.4 Å². The summed E-state index contributed by atoms with van der Waals surface area (Å²) in [4.78, 5) is 26.3. The van der Waals surface area contributed by atoms with Gasteiger partial charge in [0.1, 0.15) is 9.55 Å². The molecule has 1 N–H and O–H groups in total. The topological polar surface area (TPSA) is 57.6 Å². The summed E-state index contributed by atoms with van der Waals surface area (Å²) < 4.78 is 12.7. The maximum atomic E-state index is 13.5. The second-order valence-electron chi connectivity index (χ2n) is 5.04. The van der Waals surface area contributed by atoms with E-state index in [9.17, 15) is 19.1 Å². The second-order valence-corrected chi connectivity index (χ2v) is 8.10. The van der Waals surface area contributed by atoms with Crippen molar-refractivity contribution in [2.75, 3.05) is 4.90 Å². The molecule has 1 atom stereocenters. The number of benzene rings is 2. The monoisotopic (exact) mass is 441 g/mol. The predicted octanol–water partition coefficient (Wildman–Crippen LogP) is 3.32. The smallest absolute Gasteiger partial charge is 0.272 e. The minimum atomic E-state index is -2.00. The molecule has 2 amide bonds. The first kappa shape index (κ1) is 16.3. The molecule has 2 aromatic rings. The van der Waals surface area contributed by atoms with E-state index in [0.29, 0.717) is 0 Å². The van der Waals surface area contributed by atoms with E-state index in [0.717, 1.165) is 11.0 Å². The molecule has 0 saturated heterocycles. The molecule has 1 aliphatic rings. The van der Waals surface area contributed by atoms with E-state index in [2.05, 4.69) is 31.9 Å². The SMILES string of the molecule is O=C1c2ccccc2C(O)(C(Br)Br)C(=O)N1c1cccc(F)c1. The molecule has 0 saturated carbocycles. The highest BCUT2D eigenvalue weighted by molar-refractivity contribution is 9.24. The molecule has 0 radical (unpaired) electrons. The average molecular weight is 443 g/mol. The normalized spacial score (nSPS) is 20.8. The van der Waals surface area contributed by atoms with E-state index < -0.39 is 27.0 Å². The maximum absolute atomic E-state index is 13.5. The Morgan fingerprint density at radius 1 is 1.09 bits per heavy atom. The minimum absolute atomic E-state index is 0.0635. The lowest BCUT2D eigenvalue weighted by molar-refractivity contribution is -0.135. The van der Waals surface area contributed by atoms with Gasteiger partial charge in [0.15, 0.2) is 5.60 Å². The molecule has 0 fully saturated rings. The Hall–Kier alpha value is -1.57. The van der Waals surface area contributed by atoms with E-state index in [1.165, 1.54) is 30.3 Å². The molecule has 4 nitrogen and oxygen atoms in total. The molecular formula is C16H10Br2FNO3. The highest BCUT2D eigenvalue weighted by Gasteiger charge is 2.53. The number of hydrogen-bond acceptors (Lipinski definition) is 3. The van der Waals surface area contributed by atoms with Crippen LogP contribution in [-0.4, -0.2) is 20.7 Å². The number of hydrogen-bond donors (Lipinski definition) is 1. The van der Waals surface area contributed by atoms with Gasteiger partial charge < -0.3 is 5.11 Å². The fourth-order valence-corrected chi connectivity index (χ4v) is 3.45. The third-order valence-corrected chi connectivity index (χ3v) is 5.01. The molecule has 1 unspecified atom stereocenters. The largest absolute Gasteiger partial charge is 0.374 e. The maximum Gasteiger partial charge on any atom is 0.272 e. The van der Waals surface area contributed by atoms with Gasteiger partial charge in [0, 0.05) is 11.1 Å². The van der Waals surface area contributed by atoms with Gasteiger partial charge >= 0.3 is 0 Å². The number of imide groups is 1. The van der Waals surface area contributed by atoms with Gasteiger partial charge in [0.2, 0.25) is 0 Å². The van der Waals surface area contributed by atoms with Crippen LogP contribution in [0.4, 0.5) is 10.1 Å². The lowest BCUT2D eigenvalue weighted by atomic mass is 9.85. The van der Waals surface area contributed by atoms with Crippen molar-refractivity contribution in [3.8, 4) is 0 Å². The Labute approximate surface area is 148 Å². The van der Waals surface area contributed by atoms with Crippen molar-refractivity contribution in [2.45, 2.75) is 9.34 Å². The first-order valence-corrected chi connectivity index (χ1v) is 8.45. The van der Waals surface area contributed by atoms with Crippen LogP contribution in [0.15, 0.2) is 48.5 Å². The van der Waals surface area contributed by atoms with Crippen LogP contribution < -0.4 is 4.90 Å². The van der Waals surface area contributed by atoms with E-state index in [1.54, 1.807) is 12.1 Å². The quantitative estimate of drug-likeness (QED) is 0.573. The van der Waals surface area contributed by atoms with Gasteiger partial charge in [-0.2, -0.15) is 0 Å². The van der Waals surface area contributed by atoms with Crippen LogP contribution in [0, 0.1) is 5.82 Å². The Morgan fingerprint density at radius 3 is 2.43 bits per heavy atom. The van der Waals surface area contributed by atoms with Crippen molar-refractivity contribution in [2.24, 2.45) is 0 Å². The molecule has 0 spiro atoms. The summed E-state index contributed by atoms with van der Waals surface area (Å²) in [5.41, 5.74) is -1.56. The standard InChI is InChI=1S/C16H10Br2FNO3/c17-14(18)16(23)12-7-2-1-6-11(12)13(21)20(15(16)22)10-5-3-4-9(19)8-10/h1-8,14,23H. The lowest BCUT2D eigenvalue weighted by Crippen LogP contribution is -2.57. The Balaban J connectivity index is 2.25. The van der Waals surface area contributed by atoms with E-state index in [4.69, 9.17) is 0 Å². The zero-order valence-electron chi connectivity index (χ0n) is 11.5. The number of aliphatic hydroxyl groups is 1.